The highest BCUT2D eigenvalue weighted by atomic mass is 32.2. The fraction of sp³-hybridized carbons (Fsp3) is 0.222. The number of nitriles is 1. The molecule has 1 amide bonds. The average molecular weight is 355 g/mol. The van der Waals surface area contributed by atoms with Crippen LogP contribution in [0.5, 0.6) is 0 Å². The molecule has 0 atom stereocenters. The first-order valence-electron chi connectivity index (χ1n) is 7.75. The summed E-state index contributed by atoms with van der Waals surface area (Å²) in [5.41, 5.74) is 3.39. The number of hydrogen-bond acceptors (Lipinski definition) is 4. The van der Waals surface area contributed by atoms with Crippen LogP contribution < -0.4 is 5.32 Å². The number of rotatable bonds is 3. The molecule has 1 aliphatic rings. The number of fused-ring (bicyclic) bond motifs is 1. The quantitative estimate of drug-likeness (QED) is 0.913. The Hall–Kier alpha value is -2.69. The maximum Gasteiger partial charge on any atom is 0.255 e. The molecule has 0 aliphatic carbocycles. The van der Waals surface area contributed by atoms with E-state index in [1.54, 1.807) is 30.3 Å². The standard InChI is InChI=1S/C18H17N3O3S/c1-25(23,24)21-8-7-14-5-6-17(10-16(14)12-21)20-18(22)15-4-2-3-13(9-15)11-19/h2-6,9-10H,7-8,12H2,1H3,(H,20,22). The first-order chi connectivity index (χ1) is 11.9. The van der Waals surface area contributed by atoms with Gasteiger partial charge >= 0.3 is 0 Å². The molecule has 1 N–H and O–H groups in total. The lowest BCUT2D eigenvalue weighted by Gasteiger charge is -2.27. The van der Waals surface area contributed by atoms with Crippen molar-refractivity contribution in [2.75, 3.05) is 18.1 Å². The number of sulfonamides is 1. The van der Waals surface area contributed by atoms with Crippen molar-refractivity contribution in [3.05, 3.63) is 64.7 Å². The molecule has 1 heterocycles. The van der Waals surface area contributed by atoms with Crippen LogP contribution in [-0.4, -0.2) is 31.4 Å². The Morgan fingerprint density at radius 2 is 2.00 bits per heavy atom. The van der Waals surface area contributed by atoms with Gasteiger partial charge in [0, 0.05) is 24.3 Å². The van der Waals surface area contributed by atoms with Crippen molar-refractivity contribution in [3.8, 4) is 6.07 Å². The van der Waals surface area contributed by atoms with Crippen LogP contribution in [0.25, 0.3) is 0 Å². The highest BCUT2D eigenvalue weighted by Crippen LogP contribution is 2.24. The van der Waals surface area contributed by atoms with E-state index in [4.69, 9.17) is 5.26 Å². The number of nitrogens with zero attached hydrogens (tertiary/aromatic N) is 2. The molecule has 2 aromatic rings. The summed E-state index contributed by atoms with van der Waals surface area (Å²) in [7, 11) is -3.24. The number of anilines is 1. The van der Waals surface area contributed by atoms with Crippen molar-refractivity contribution in [1.29, 1.82) is 5.26 Å². The van der Waals surface area contributed by atoms with Gasteiger partial charge in [-0.25, -0.2) is 8.42 Å². The summed E-state index contributed by atoms with van der Waals surface area (Å²) in [6.45, 7) is 0.778. The maximum absolute atomic E-state index is 12.3. The second-order valence-electron chi connectivity index (χ2n) is 5.98. The third-order valence-corrected chi connectivity index (χ3v) is 5.41. The third-order valence-electron chi connectivity index (χ3n) is 4.16. The molecule has 2 aromatic carbocycles. The van der Waals surface area contributed by atoms with Crippen LogP contribution in [0.3, 0.4) is 0 Å². The van der Waals surface area contributed by atoms with Gasteiger partial charge in [0.1, 0.15) is 0 Å². The molecule has 0 aromatic heterocycles. The fourth-order valence-electron chi connectivity index (χ4n) is 2.83. The van der Waals surface area contributed by atoms with Crippen molar-refractivity contribution in [1.82, 2.24) is 4.31 Å². The number of nitrogens with one attached hydrogen (secondary N) is 1. The Bertz CT molecular complexity index is 977. The van der Waals surface area contributed by atoms with Gasteiger partial charge in [0.25, 0.3) is 5.91 Å². The summed E-state index contributed by atoms with van der Waals surface area (Å²) >= 11 is 0. The number of benzene rings is 2. The van der Waals surface area contributed by atoms with E-state index in [0.717, 1.165) is 11.1 Å². The van der Waals surface area contributed by atoms with Gasteiger partial charge in [-0.15, -0.1) is 0 Å². The zero-order valence-corrected chi connectivity index (χ0v) is 14.5. The molecular formula is C18H17N3O3S. The highest BCUT2D eigenvalue weighted by molar-refractivity contribution is 7.88. The Morgan fingerprint density at radius 1 is 1.20 bits per heavy atom. The van der Waals surface area contributed by atoms with Gasteiger partial charge in [0.2, 0.25) is 10.0 Å². The lowest BCUT2D eigenvalue weighted by Crippen LogP contribution is -2.35. The van der Waals surface area contributed by atoms with Gasteiger partial charge < -0.3 is 5.32 Å². The third kappa shape index (κ3) is 3.87. The molecule has 3 rings (SSSR count). The minimum Gasteiger partial charge on any atom is -0.322 e. The molecule has 0 unspecified atom stereocenters. The van der Waals surface area contributed by atoms with Crippen molar-refractivity contribution < 1.29 is 13.2 Å². The Morgan fingerprint density at radius 3 is 2.72 bits per heavy atom. The maximum atomic E-state index is 12.3. The zero-order valence-electron chi connectivity index (χ0n) is 13.7. The molecule has 0 bridgehead atoms. The van der Waals surface area contributed by atoms with Gasteiger partial charge in [0.15, 0.2) is 0 Å². The van der Waals surface area contributed by atoms with E-state index in [9.17, 15) is 13.2 Å². The first kappa shape index (κ1) is 17.1. The van der Waals surface area contributed by atoms with E-state index in [0.29, 0.717) is 36.3 Å². The number of hydrogen-bond donors (Lipinski definition) is 1. The van der Waals surface area contributed by atoms with Gasteiger partial charge in [-0.3, -0.25) is 4.79 Å². The van der Waals surface area contributed by atoms with E-state index < -0.39 is 10.0 Å². The Kier molecular flexibility index (Phi) is 4.57. The van der Waals surface area contributed by atoms with Crippen LogP contribution in [0.1, 0.15) is 27.0 Å². The molecule has 25 heavy (non-hydrogen) atoms. The molecule has 1 aliphatic heterocycles. The molecule has 6 nitrogen and oxygen atoms in total. The summed E-state index contributed by atoms with van der Waals surface area (Å²) < 4.78 is 24.9. The van der Waals surface area contributed by atoms with E-state index in [-0.39, 0.29) is 5.91 Å². The molecular weight excluding hydrogens is 338 g/mol. The normalized spacial score (nSPS) is 14.4. The second kappa shape index (κ2) is 6.67. The lowest BCUT2D eigenvalue weighted by molar-refractivity contribution is 0.102. The van der Waals surface area contributed by atoms with Gasteiger partial charge in [0.05, 0.1) is 17.9 Å². The monoisotopic (exact) mass is 355 g/mol. The predicted molar refractivity (Wildman–Crippen MR) is 94.5 cm³/mol. The van der Waals surface area contributed by atoms with Crippen molar-refractivity contribution in [2.45, 2.75) is 13.0 Å². The van der Waals surface area contributed by atoms with Crippen molar-refractivity contribution in [3.63, 3.8) is 0 Å². The highest BCUT2D eigenvalue weighted by Gasteiger charge is 2.23. The van der Waals surface area contributed by atoms with Crippen LogP contribution in [0, 0.1) is 11.3 Å². The number of carbonyl (C=O) groups excluding carboxylic acids is 1. The summed E-state index contributed by atoms with van der Waals surface area (Å²) in [5.74, 6) is -0.312. The van der Waals surface area contributed by atoms with Crippen molar-refractivity contribution in [2.24, 2.45) is 0 Å². The SMILES string of the molecule is CS(=O)(=O)N1CCc2ccc(NC(=O)c3cccc(C#N)c3)cc2C1. The minimum atomic E-state index is -3.24. The van der Waals surface area contributed by atoms with Crippen LogP contribution in [-0.2, 0) is 23.0 Å². The summed E-state index contributed by atoms with van der Waals surface area (Å²) in [4.78, 5) is 12.3. The van der Waals surface area contributed by atoms with E-state index in [1.165, 1.54) is 16.6 Å². The average Bonchev–Trinajstić information content (AvgIpc) is 2.60. The Balaban J connectivity index is 1.81. The van der Waals surface area contributed by atoms with Crippen LogP contribution in [0.2, 0.25) is 0 Å². The van der Waals surface area contributed by atoms with Crippen LogP contribution >= 0.6 is 0 Å². The molecule has 7 heteroatoms. The van der Waals surface area contributed by atoms with E-state index in [2.05, 4.69) is 5.32 Å². The Labute approximate surface area is 146 Å². The van der Waals surface area contributed by atoms with Gasteiger partial charge in [-0.1, -0.05) is 12.1 Å². The summed E-state index contributed by atoms with van der Waals surface area (Å²) in [5, 5.41) is 11.7. The number of amides is 1. The molecule has 0 saturated carbocycles. The van der Waals surface area contributed by atoms with Gasteiger partial charge in [-0.05, 0) is 47.9 Å². The minimum absolute atomic E-state index is 0.307. The summed E-state index contributed by atoms with van der Waals surface area (Å²) in [6, 6.07) is 14.0. The van der Waals surface area contributed by atoms with Gasteiger partial charge in [-0.2, -0.15) is 9.57 Å². The second-order valence-corrected chi connectivity index (χ2v) is 7.96. The van der Waals surface area contributed by atoms with E-state index in [1.807, 2.05) is 12.1 Å². The van der Waals surface area contributed by atoms with E-state index >= 15 is 0 Å². The zero-order chi connectivity index (χ0) is 18.0. The molecule has 128 valence electrons. The predicted octanol–water partition coefficient (Wildman–Crippen LogP) is 2.13. The molecule has 0 radical (unpaired) electrons. The topological polar surface area (TPSA) is 90.3 Å². The number of carbonyl (C=O) groups is 1. The lowest BCUT2D eigenvalue weighted by atomic mass is 10.0. The first-order valence-corrected chi connectivity index (χ1v) is 9.60. The molecule has 0 fully saturated rings. The summed E-state index contributed by atoms with van der Waals surface area (Å²) in [6.07, 6.45) is 1.85. The fourth-order valence-corrected chi connectivity index (χ4v) is 3.62. The largest absolute Gasteiger partial charge is 0.322 e. The van der Waals surface area contributed by atoms with Crippen LogP contribution in [0.15, 0.2) is 42.5 Å². The smallest absolute Gasteiger partial charge is 0.255 e. The van der Waals surface area contributed by atoms with Crippen molar-refractivity contribution >= 4 is 21.6 Å². The van der Waals surface area contributed by atoms with Crippen LogP contribution in [0.4, 0.5) is 5.69 Å². The molecule has 0 spiro atoms. The molecule has 0 saturated heterocycles.